The number of hydroxylamine groups is 2. The summed E-state index contributed by atoms with van der Waals surface area (Å²) < 4.78 is 0. The molecule has 0 amide bonds. The topological polar surface area (TPSA) is 39.3 Å². The van der Waals surface area contributed by atoms with E-state index in [1.165, 1.54) is 32.6 Å². The second-order valence-corrected chi connectivity index (χ2v) is 9.54. The first-order chi connectivity index (χ1) is 13.9. The van der Waals surface area contributed by atoms with E-state index in [0.717, 1.165) is 32.7 Å². The summed E-state index contributed by atoms with van der Waals surface area (Å²) in [7, 11) is 0. The van der Waals surface area contributed by atoms with Crippen LogP contribution in [-0.2, 0) is 4.84 Å². The zero-order valence-electron chi connectivity index (χ0n) is 18.2. The second-order valence-electron chi connectivity index (χ2n) is 9.54. The van der Waals surface area contributed by atoms with Crippen molar-refractivity contribution in [3.8, 4) is 0 Å². The van der Waals surface area contributed by atoms with E-state index in [1.807, 2.05) is 23.3 Å². The molecule has 1 atom stereocenters. The van der Waals surface area contributed by atoms with Crippen LogP contribution in [0, 0.1) is 5.41 Å². The lowest BCUT2D eigenvalue weighted by Crippen LogP contribution is -2.60. The van der Waals surface area contributed by atoms with Crippen LogP contribution in [0.15, 0.2) is 30.3 Å². The Morgan fingerprint density at radius 3 is 2.31 bits per heavy atom. The van der Waals surface area contributed by atoms with Crippen molar-refractivity contribution in [1.82, 2.24) is 19.8 Å². The highest BCUT2D eigenvalue weighted by Gasteiger charge is 2.48. The number of carbonyl (C=O) groups is 1. The van der Waals surface area contributed by atoms with Gasteiger partial charge in [0.15, 0.2) is 0 Å². The highest BCUT2D eigenvalue weighted by Crippen LogP contribution is 2.40. The van der Waals surface area contributed by atoms with Crippen molar-refractivity contribution in [2.75, 3.05) is 58.9 Å². The molecule has 160 valence electrons. The molecule has 29 heavy (non-hydrogen) atoms. The minimum atomic E-state index is -0.259. The van der Waals surface area contributed by atoms with Crippen LogP contribution in [0.3, 0.4) is 0 Å². The standard InChI is InChI=1S/C23H36N4O2/c1-19(2)26-17-23(18-26)9-10-24(16-23)15-20(3)25-11-13-27(14-12-25)29-22(28)21-7-5-4-6-8-21/h4-8,19-20H,9-18H2,1-3H3. The highest BCUT2D eigenvalue weighted by molar-refractivity contribution is 5.89. The number of carbonyl (C=O) groups excluding carboxylic acids is 1. The molecule has 3 aliphatic rings. The van der Waals surface area contributed by atoms with Gasteiger partial charge in [0, 0.05) is 69.9 Å². The van der Waals surface area contributed by atoms with Crippen LogP contribution < -0.4 is 0 Å². The zero-order valence-corrected chi connectivity index (χ0v) is 18.2. The molecule has 3 fully saturated rings. The number of hydrogen-bond acceptors (Lipinski definition) is 6. The molecule has 1 aromatic carbocycles. The third-order valence-electron chi connectivity index (χ3n) is 6.97. The van der Waals surface area contributed by atoms with Gasteiger partial charge < -0.3 is 9.74 Å². The van der Waals surface area contributed by atoms with Crippen LogP contribution in [0.1, 0.15) is 37.6 Å². The van der Waals surface area contributed by atoms with Crippen molar-refractivity contribution in [3.05, 3.63) is 35.9 Å². The van der Waals surface area contributed by atoms with Crippen molar-refractivity contribution < 1.29 is 9.63 Å². The molecule has 3 saturated heterocycles. The van der Waals surface area contributed by atoms with Gasteiger partial charge in [-0.15, -0.1) is 5.06 Å². The summed E-state index contributed by atoms with van der Waals surface area (Å²) in [5.41, 5.74) is 1.17. The molecule has 3 heterocycles. The largest absolute Gasteiger partial charge is 0.364 e. The molecular weight excluding hydrogens is 364 g/mol. The first kappa shape index (κ1) is 20.8. The fourth-order valence-corrected chi connectivity index (χ4v) is 5.09. The lowest BCUT2D eigenvalue weighted by molar-refractivity contribution is -0.133. The van der Waals surface area contributed by atoms with Gasteiger partial charge in [-0.2, -0.15) is 0 Å². The normalized spacial score (nSPS) is 24.7. The predicted molar refractivity (Wildman–Crippen MR) is 115 cm³/mol. The Bertz CT molecular complexity index is 681. The maximum absolute atomic E-state index is 12.2. The molecule has 1 spiro atoms. The minimum Gasteiger partial charge on any atom is -0.364 e. The maximum atomic E-state index is 12.2. The first-order valence-electron chi connectivity index (χ1n) is 11.2. The number of piperazine rings is 1. The van der Waals surface area contributed by atoms with Gasteiger partial charge in [-0.05, 0) is 45.9 Å². The summed E-state index contributed by atoms with van der Waals surface area (Å²) in [5, 5.41) is 1.82. The molecule has 0 bridgehead atoms. The van der Waals surface area contributed by atoms with Crippen molar-refractivity contribution in [2.24, 2.45) is 5.41 Å². The third kappa shape index (κ3) is 4.82. The number of hydrogen-bond donors (Lipinski definition) is 0. The van der Waals surface area contributed by atoms with Crippen molar-refractivity contribution in [2.45, 2.75) is 39.3 Å². The van der Waals surface area contributed by atoms with Crippen LogP contribution in [-0.4, -0.2) is 96.7 Å². The van der Waals surface area contributed by atoms with E-state index in [1.54, 1.807) is 12.1 Å². The molecule has 0 aromatic heterocycles. The van der Waals surface area contributed by atoms with Gasteiger partial charge in [-0.1, -0.05) is 18.2 Å². The Kier molecular flexibility index (Phi) is 6.25. The molecule has 0 aliphatic carbocycles. The van der Waals surface area contributed by atoms with Crippen LogP contribution in [0.5, 0.6) is 0 Å². The fraction of sp³-hybridized carbons (Fsp3) is 0.696. The molecule has 6 heteroatoms. The van der Waals surface area contributed by atoms with E-state index in [-0.39, 0.29) is 5.97 Å². The summed E-state index contributed by atoms with van der Waals surface area (Å²) in [6.07, 6.45) is 1.35. The van der Waals surface area contributed by atoms with Crippen molar-refractivity contribution in [3.63, 3.8) is 0 Å². The maximum Gasteiger partial charge on any atom is 0.357 e. The highest BCUT2D eigenvalue weighted by atomic mass is 16.7. The first-order valence-corrected chi connectivity index (χ1v) is 11.2. The van der Waals surface area contributed by atoms with Gasteiger partial charge >= 0.3 is 5.97 Å². The van der Waals surface area contributed by atoms with Gasteiger partial charge in [0.1, 0.15) is 0 Å². The number of nitrogens with zero attached hydrogens (tertiary/aromatic N) is 4. The second kappa shape index (κ2) is 8.72. The zero-order chi connectivity index (χ0) is 20.4. The minimum absolute atomic E-state index is 0.259. The smallest absolute Gasteiger partial charge is 0.357 e. The van der Waals surface area contributed by atoms with Gasteiger partial charge in [0.25, 0.3) is 0 Å². The molecule has 4 rings (SSSR count). The molecule has 0 saturated carbocycles. The number of rotatable bonds is 6. The van der Waals surface area contributed by atoms with Gasteiger partial charge in [-0.3, -0.25) is 9.80 Å². The Morgan fingerprint density at radius 2 is 1.66 bits per heavy atom. The SMILES string of the molecule is CC(C)N1CC2(CCN(CC(C)N3CCN(OC(=O)c4ccccc4)CC3)C2)C1. The Hall–Kier alpha value is -1.47. The van der Waals surface area contributed by atoms with Crippen LogP contribution in [0.2, 0.25) is 0 Å². The van der Waals surface area contributed by atoms with Crippen LogP contribution >= 0.6 is 0 Å². The lowest BCUT2D eigenvalue weighted by atomic mass is 9.78. The van der Waals surface area contributed by atoms with E-state index in [2.05, 4.69) is 35.5 Å². The summed E-state index contributed by atoms with van der Waals surface area (Å²) in [6, 6.07) is 10.5. The summed E-state index contributed by atoms with van der Waals surface area (Å²) in [4.78, 5) is 25.6. The molecule has 3 aliphatic heterocycles. The molecule has 0 radical (unpaired) electrons. The Labute approximate surface area is 175 Å². The van der Waals surface area contributed by atoms with Gasteiger partial charge in [0.05, 0.1) is 5.56 Å². The predicted octanol–water partition coefficient (Wildman–Crippen LogP) is 2.18. The Morgan fingerprint density at radius 1 is 0.966 bits per heavy atom. The van der Waals surface area contributed by atoms with E-state index < -0.39 is 0 Å². The fourth-order valence-electron chi connectivity index (χ4n) is 5.09. The van der Waals surface area contributed by atoms with Crippen molar-refractivity contribution in [1.29, 1.82) is 0 Å². The van der Waals surface area contributed by atoms with E-state index in [9.17, 15) is 4.79 Å². The average Bonchev–Trinajstić information content (AvgIpc) is 3.12. The molecule has 1 aromatic rings. The Balaban J connectivity index is 1.18. The molecule has 1 unspecified atom stereocenters. The van der Waals surface area contributed by atoms with E-state index in [4.69, 9.17) is 4.84 Å². The van der Waals surface area contributed by atoms with E-state index >= 15 is 0 Å². The van der Waals surface area contributed by atoms with Crippen molar-refractivity contribution >= 4 is 5.97 Å². The van der Waals surface area contributed by atoms with Gasteiger partial charge in [-0.25, -0.2) is 4.79 Å². The lowest BCUT2D eigenvalue weighted by Gasteiger charge is -2.50. The quantitative estimate of drug-likeness (QED) is 0.729. The van der Waals surface area contributed by atoms with E-state index in [0.29, 0.717) is 23.1 Å². The molecule has 0 N–H and O–H groups in total. The monoisotopic (exact) mass is 400 g/mol. The molecular formula is C23H36N4O2. The summed E-state index contributed by atoms with van der Waals surface area (Å²) >= 11 is 0. The van der Waals surface area contributed by atoms with Crippen LogP contribution in [0.4, 0.5) is 0 Å². The summed E-state index contributed by atoms with van der Waals surface area (Å²) in [5.74, 6) is -0.259. The molecule has 6 nitrogen and oxygen atoms in total. The number of likely N-dealkylation sites (tertiary alicyclic amines) is 2. The van der Waals surface area contributed by atoms with Gasteiger partial charge in [0.2, 0.25) is 0 Å². The third-order valence-corrected chi connectivity index (χ3v) is 6.97. The summed E-state index contributed by atoms with van der Waals surface area (Å²) in [6.45, 7) is 16.6. The number of benzene rings is 1. The van der Waals surface area contributed by atoms with Crippen LogP contribution in [0.25, 0.3) is 0 Å². The average molecular weight is 401 g/mol.